The van der Waals surface area contributed by atoms with Crippen molar-refractivity contribution in [3.05, 3.63) is 42.0 Å². The van der Waals surface area contributed by atoms with Crippen LogP contribution in [0, 0.1) is 0 Å². The maximum absolute atomic E-state index is 11.6. The predicted octanol–water partition coefficient (Wildman–Crippen LogP) is 2.21. The first-order valence-corrected chi connectivity index (χ1v) is 5.05. The molecule has 0 aliphatic rings. The van der Waals surface area contributed by atoms with Gasteiger partial charge in [0, 0.05) is 12.4 Å². The summed E-state index contributed by atoms with van der Waals surface area (Å²) in [5.74, 6) is 0.486. The molecule has 0 saturated carbocycles. The van der Waals surface area contributed by atoms with Crippen molar-refractivity contribution in [1.29, 1.82) is 0 Å². The van der Waals surface area contributed by atoms with E-state index in [0.717, 1.165) is 10.8 Å². The Morgan fingerprint density at radius 2 is 1.94 bits per heavy atom. The van der Waals surface area contributed by atoms with Crippen molar-refractivity contribution in [1.82, 2.24) is 5.32 Å². The van der Waals surface area contributed by atoms with E-state index < -0.39 is 0 Å². The zero-order chi connectivity index (χ0) is 11.5. The van der Waals surface area contributed by atoms with E-state index in [0.29, 0.717) is 11.3 Å². The fraction of sp³-hybridized carbons (Fsp3) is 0.154. The summed E-state index contributed by atoms with van der Waals surface area (Å²) >= 11 is 0. The lowest BCUT2D eigenvalue weighted by atomic mass is 10.0. The van der Waals surface area contributed by atoms with E-state index in [1.807, 2.05) is 30.3 Å². The highest BCUT2D eigenvalue weighted by Crippen LogP contribution is 2.29. The lowest BCUT2D eigenvalue weighted by Crippen LogP contribution is -2.18. The minimum Gasteiger partial charge on any atom is -0.495 e. The molecule has 0 radical (unpaired) electrons. The molecule has 0 unspecified atom stereocenters. The molecule has 2 rings (SSSR count). The molecule has 1 N–H and O–H groups in total. The molecule has 0 saturated heterocycles. The smallest absolute Gasteiger partial charge is 0.254 e. The van der Waals surface area contributed by atoms with Gasteiger partial charge in [0.15, 0.2) is 0 Å². The first-order chi connectivity index (χ1) is 7.77. The van der Waals surface area contributed by atoms with Gasteiger partial charge in [-0.25, -0.2) is 0 Å². The Hall–Kier alpha value is -2.03. The fourth-order valence-electron chi connectivity index (χ4n) is 1.78. The summed E-state index contributed by atoms with van der Waals surface area (Å²) in [5, 5.41) is 4.61. The monoisotopic (exact) mass is 215 g/mol. The van der Waals surface area contributed by atoms with Crippen LogP contribution < -0.4 is 10.1 Å². The van der Waals surface area contributed by atoms with Gasteiger partial charge in [0.1, 0.15) is 5.75 Å². The number of nitrogens with one attached hydrogen (secondary N) is 1. The third kappa shape index (κ3) is 1.60. The molecule has 82 valence electrons. The number of amides is 1. The van der Waals surface area contributed by atoms with Crippen molar-refractivity contribution in [2.45, 2.75) is 0 Å². The molecule has 1 amide bonds. The van der Waals surface area contributed by atoms with E-state index >= 15 is 0 Å². The maximum Gasteiger partial charge on any atom is 0.254 e. The largest absolute Gasteiger partial charge is 0.495 e. The summed E-state index contributed by atoms with van der Waals surface area (Å²) in [6, 6.07) is 11.5. The molecule has 0 heterocycles. The van der Waals surface area contributed by atoms with Gasteiger partial charge in [0.2, 0.25) is 0 Å². The van der Waals surface area contributed by atoms with Gasteiger partial charge in [-0.3, -0.25) is 4.79 Å². The molecule has 0 fully saturated rings. The molecule has 3 heteroatoms. The third-order valence-electron chi connectivity index (χ3n) is 2.56. The number of rotatable bonds is 2. The van der Waals surface area contributed by atoms with Gasteiger partial charge in [0.05, 0.1) is 12.7 Å². The second kappa shape index (κ2) is 4.23. The van der Waals surface area contributed by atoms with Crippen molar-refractivity contribution in [3.8, 4) is 5.75 Å². The maximum atomic E-state index is 11.6. The number of benzene rings is 2. The topological polar surface area (TPSA) is 38.3 Å². The van der Waals surface area contributed by atoms with Gasteiger partial charge >= 0.3 is 0 Å². The number of ether oxygens (including phenoxy) is 1. The van der Waals surface area contributed by atoms with Crippen LogP contribution in [0.5, 0.6) is 5.75 Å². The van der Waals surface area contributed by atoms with Crippen molar-refractivity contribution in [3.63, 3.8) is 0 Å². The Morgan fingerprint density at radius 3 is 2.62 bits per heavy atom. The molecule has 0 bridgehead atoms. The zero-order valence-electron chi connectivity index (χ0n) is 9.28. The Labute approximate surface area is 94.0 Å². The summed E-state index contributed by atoms with van der Waals surface area (Å²) in [7, 11) is 3.19. The van der Waals surface area contributed by atoms with Gasteiger partial charge in [0.25, 0.3) is 5.91 Å². The average Bonchev–Trinajstić information content (AvgIpc) is 2.36. The molecule has 2 aromatic rings. The van der Waals surface area contributed by atoms with E-state index in [1.54, 1.807) is 20.2 Å². The highest BCUT2D eigenvalue weighted by molar-refractivity contribution is 6.03. The minimum absolute atomic E-state index is 0.136. The first kappa shape index (κ1) is 10.5. The van der Waals surface area contributed by atoms with Crippen LogP contribution in [0.1, 0.15) is 10.4 Å². The molecule has 16 heavy (non-hydrogen) atoms. The van der Waals surface area contributed by atoms with Crippen LogP contribution in [0.2, 0.25) is 0 Å². The van der Waals surface area contributed by atoms with Crippen molar-refractivity contribution in [2.24, 2.45) is 0 Å². The molecule has 0 aliphatic carbocycles. The van der Waals surface area contributed by atoms with Gasteiger partial charge in [-0.2, -0.15) is 0 Å². The number of carbonyl (C=O) groups is 1. The van der Waals surface area contributed by atoms with Crippen LogP contribution in [0.4, 0.5) is 0 Å². The molecular weight excluding hydrogens is 202 g/mol. The van der Waals surface area contributed by atoms with E-state index in [1.165, 1.54) is 0 Å². The van der Waals surface area contributed by atoms with Crippen LogP contribution in [0.15, 0.2) is 36.4 Å². The Balaban J connectivity index is 2.72. The van der Waals surface area contributed by atoms with Crippen LogP contribution in [0.3, 0.4) is 0 Å². The second-order valence-electron chi connectivity index (χ2n) is 3.45. The summed E-state index contributed by atoms with van der Waals surface area (Å²) < 4.78 is 5.32. The standard InChI is InChI=1S/C13H13NO2/c1-14-13(15)11-8-7-9-5-3-4-6-10(9)12(11)16-2/h3-8H,1-2H3,(H,14,15). The fourth-order valence-corrected chi connectivity index (χ4v) is 1.78. The van der Waals surface area contributed by atoms with Crippen molar-refractivity contribution < 1.29 is 9.53 Å². The molecule has 3 nitrogen and oxygen atoms in total. The summed E-state index contributed by atoms with van der Waals surface area (Å²) in [4.78, 5) is 11.6. The molecule has 0 aromatic heterocycles. The van der Waals surface area contributed by atoms with E-state index in [9.17, 15) is 4.79 Å². The van der Waals surface area contributed by atoms with Gasteiger partial charge in [-0.1, -0.05) is 30.3 Å². The number of methoxy groups -OCH3 is 1. The Morgan fingerprint density at radius 1 is 1.19 bits per heavy atom. The molecule has 0 atom stereocenters. The first-order valence-electron chi connectivity index (χ1n) is 5.05. The highest BCUT2D eigenvalue weighted by Gasteiger charge is 2.13. The second-order valence-corrected chi connectivity index (χ2v) is 3.45. The number of fused-ring (bicyclic) bond motifs is 1. The summed E-state index contributed by atoms with van der Waals surface area (Å²) in [6.07, 6.45) is 0. The van der Waals surface area contributed by atoms with E-state index in [2.05, 4.69) is 5.32 Å². The van der Waals surface area contributed by atoms with E-state index in [4.69, 9.17) is 4.74 Å². The Bertz CT molecular complexity index is 534. The van der Waals surface area contributed by atoms with Gasteiger partial charge in [-0.15, -0.1) is 0 Å². The normalized spacial score (nSPS) is 10.1. The number of carbonyl (C=O) groups excluding carboxylic acids is 1. The molecular formula is C13H13NO2. The van der Waals surface area contributed by atoms with Gasteiger partial charge < -0.3 is 10.1 Å². The lowest BCUT2D eigenvalue weighted by molar-refractivity contribution is 0.0960. The lowest BCUT2D eigenvalue weighted by Gasteiger charge is -2.10. The highest BCUT2D eigenvalue weighted by atomic mass is 16.5. The molecule has 0 aliphatic heterocycles. The number of hydrogen-bond donors (Lipinski definition) is 1. The van der Waals surface area contributed by atoms with Crippen LogP contribution in [-0.2, 0) is 0 Å². The molecule has 2 aromatic carbocycles. The third-order valence-corrected chi connectivity index (χ3v) is 2.56. The molecule has 0 spiro atoms. The Kier molecular flexibility index (Phi) is 2.77. The predicted molar refractivity (Wildman–Crippen MR) is 63.9 cm³/mol. The number of hydrogen-bond acceptors (Lipinski definition) is 2. The van der Waals surface area contributed by atoms with Crippen molar-refractivity contribution >= 4 is 16.7 Å². The summed E-state index contributed by atoms with van der Waals surface area (Å²) in [6.45, 7) is 0. The van der Waals surface area contributed by atoms with Gasteiger partial charge in [-0.05, 0) is 11.5 Å². The zero-order valence-corrected chi connectivity index (χ0v) is 9.28. The van der Waals surface area contributed by atoms with Crippen LogP contribution >= 0.6 is 0 Å². The van der Waals surface area contributed by atoms with Crippen LogP contribution in [0.25, 0.3) is 10.8 Å². The summed E-state index contributed by atoms with van der Waals surface area (Å²) in [5.41, 5.74) is 0.559. The van der Waals surface area contributed by atoms with E-state index in [-0.39, 0.29) is 5.91 Å². The minimum atomic E-state index is -0.136. The van der Waals surface area contributed by atoms with Crippen LogP contribution in [-0.4, -0.2) is 20.1 Å². The van der Waals surface area contributed by atoms with Crippen molar-refractivity contribution in [2.75, 3.05) is 14.2 Å². The average molecular weight is 215 g/mol. The quantitative estimate of drug-likeness (QED) is 0.834. The SMILES string of the molecule is CNC(=O)c1ccc2ccccc2c1OC.